The Balaban J connectivity index is 3.21. The molecule has 0 amide bonds. The molecule has 0 heterocycles. The zero-order chi connectivity index (χ0) is 10.6. The number of Topliss-reactive ketones (excluding diaryl/α,β-unsaturated/α-hetero) is 1. The Kier molecular flexibility index (Phi) is 4.51. The normalized spacial score (nSPS) is 10.2. The largest absolute Gasteiger partial charge is 0.324 e. The fourth-order valence-corrected chi connectivity index (χ4v) is 2.90. The van der Waals surface area contributed by atoms with Gasteiger partial charge in [0, 0.05) is 15.4 Å². The molecule has 1 rings (SSSR count). The zero-order valence-electron chi connectivity index (χ0n) is 8.24. The fraction of sp³-hybridized carbons (Fsp3) is 0.300. The Labute approximate surface area is 92.6 Å². The van der Waals surface area contributed by atoms with Gasteiger partial charge in [-0.2, -0.15) is 0 Å². The standard InChI is InChI=1S/C10H13NOS2/c1-13-9-5-3-4-7(8(12)6-11)10(9)14-2/h3-5H,6,11H2,1-2H3. The van der Waals surface area contributed by atoms with E-state index < -0.39 is 0 Å². The molecule has 14 heavy (non-hydrogen) atoms. The van der Waals surface area contributed by atoms with Crippen LogP contribution in [0.5, 0.6) is 0 Å². The summed E-state index contributed by atoms with van der Waals surface area (Å²) in [5.74, 6) is 0.00486. The Morgan fingerprint density at radius 1 is 1.36 bits per heavy atom. The van der Waals surface area contributed by atoms with Gasteiger partial charge in [-0.25, -0.2) is 0 Å². The van der Waals surface area contributed by atoms with Gasteiger partial charge in [-0.3, -0.25) is 4.79 Å². The van der Waals surface area contributed by atoms with Gasteiger partial charge in [-0.05, 0) is 18.6 Å². The van der Waals surface area contributed by atoms with E-state index in [1.54, 1.807) is 23.5 Å². The van der Waals surface area contributed by atoms with E-state index in [0.29, 0.717) is 0 Å². The van der Waals surface area contributed by atoms with Crippen molar-refractivity contribution in [1.29, 1.82) is 0 Å². The third-order valence-electron chi connectivity index (χ3n) is 1.89. The van der Waals surface area contributed by atoms with Crippen LogP contribution in [0.3, 0.4) is 0 Å². The molecule has 1 aromatic rings. The van der Waals surface area contributed by atoms with Crippen LogP contribution in [0.25, 0.3) is 0 Å². The molecule has 2 nitrogen and oxygen atoms in total. The van der Waals surface area contributed by atoms with Gasteiger partial charge in [-0.1, -0.05) is 12.1 Å². The molecule has 2 N–H and O–H groups in total. The number of thioether (sulfide) groups is 2. The molecule has 0 fully saturated rings. The van der Waals surface area contributed by atoms with Crippen LogP contribution in [0.1, 0.15) is 10.4 Å². The predicted octanol–water partition coefficient (Wildman–Crippen LogP) is 2.27. The average Bonchev–Trinajstić information content (AvgIpc) is 2.26. The highest BCUT2D eigenvalue weighted by Gasteiger charge is 2.11. The number of benzene rings is 1. The molecule has 0 radical (unpaired) electrons. The Morgan fingerprint density at radius 3 is 2.57 bits per heavy atom. The Bertz CT molecular complexity index is 339. The van der Waals surface area contributed by atoms with Crippen LogP contribution in [0.15, 0.2) is 28.0 Å². The van der Waals surface area contributed by atoms with Crippen molar-refractivity contribution in [3.63, 3.8) is 0 Å². The lowest BCUT2D eigenvalue weighted by Gasteiger charge is -2.09. The van der Waals surface area contributed by atoms with Crippen molar-refractivity contribution in [2.75, 3.05) is 19.1 Å². The lowest BCUT2D eigenvalue weighted by Crippen LogP contribution is -2.14. The second kappa shape index (κ2) is 5.44. The molecule has 76 valence electrons. The SMILES string of the molecule is CSc1cccc(C(=O)CN)c1SC. The van der Waals surface area contributed by atoms with Crippen molar-refractivity contribution in [2.45, 2.75) is 9.79 Å². The molecular formula is C10H13NOS2. The summed E-state index contributed by atoms with van der Waals surface area (Å²) in [6.07, 6.45) is 3.98. The van der Waals surface area contributed by atoms with Gasteiger partial charge in [-0.15, -0.1) is 23.5 Å². The summed E-state index contributed by atoms with van der Waals surface area (Å²) in [6.45, 7) is 0.0748. The van der Waals surface area contributed by atoms with Gasteiger partial charge < -0.3 is 5.73 Å². The molecule has 0 aliphatic heterocycles. The molecule has 0 aliphatic rings. The van der Waals surface area contributed by atoms with E-state index in [2.05, 4.69) is 0 Å². The van der Waals surface area contributed by atoms with E-state index in [0.717, 1.165) is 15.4 Å². The smallest absolute Gasteiger partial charge is 0.177 e. The summed E-state index contributed by atoms with van der Waals surface area (Å²) in [7, 11) is 0. The van der Waals surface area contributed by atoms with Crippen LogP contribution in [-0.4, -0.2) is 24.8 Å². The fourth-order valence-electron chi connectivity index (χ4n) is 1.22. The van der Waals surface area contributed by atoms with E-state index in [9.17, 15) is 4.79 Å². The molecule has 0 aromatic heterocycles. The average molecular weight is 227 g/mol. The first-order valence-electron chi connectivity index (χ1n) is 4.18. The van der Waals surface area contributed by atoms with Crippen molar-refractivity contribution >= 4 is 29.3 Å². The minimum absolute atomic E-state index is 0.00486. The van der Waals surface area contributed by atoms with Gasteiger partial charge in [0.05, 0.1) is 6.54 Å². The molecule has 0 saturated heterocycles. The molecule has 0 bridgehead atoms. The van der Waals surface area contributed by atoms with Crippen LogP contribution >= 0.6 is 23.5 Å². The number of nitrogens with two attached hydrogens (primary N) is 1. The van der Waals surface area contributed by atoms with E-state index in [-0.39, 0.29) is 12.3 Å². The van der Waals surface area contributed by atoms with Crippen molar-refractivity contribution in [1.82, 2.24) is 0 Å². The third kappa shape index (κ3) is 2.32. The van der Waals surface area contributed by atoms with E-state index in [4.69, 9.17) is 5.73 Å². The monoisotopic (exact) mass is 227 g/mol. The van der Waals surface area contributed by atoms with Gasteiger partial charge in [0.2, 0.25) is 0 Å². The Morgan fingerprint density at radius 2 is 2.07 bits per heavy atom. The lowest BCUT2D eigenvalue weighted by atomic mass is 10.1. The van der Waals surface area contributed by atoms with Crippen LogP contribution in [0.2, 0.25) is 0 Å². The summed E-state index contributed by atoms with van der Waals surface area (Å²) in [5.41, 5.74) is 6.10. The first-order valence-corrected chi connectivity index (χ1v) is 6.63. The second-order valence-electron chi connectivity index (χ2n) is 2.67. The maximum Gasteiger partial charge on any atom is 0.177 e. The Hall–Kier alpha value is -0.450. The lowest BCUT2D eigenvalue weighted by molar-refractivity contribution is 0.0998. The number of hydrogen-bond acceptors (Lipinski definition) is 4. The third-order valence-corrected chi connectivity index (χ3v) is 3.65. The van der Waals surface area contributed by atoms with Crippen LogP contribution < -0.4 is 5.73 Å². The van der Waals surface area contributed by atoms with E-state index in [1.807, 2.05) is 30.7 Å². The van der Waals surface area contributed by atoms with Crippen molar-refractivity contribution in [2.24, 2.45) is 5.73 Å². The molecule has 0 unspecified atom stereocenters. The maximum absolute atomic E-state index is 11.5. The minimum Gasteiger partial charge on any atom is -0.324 e. The summed E-state index contributed by atoms with van der Waals surface area (Å²) < 4.78 is 0. The minimum atomic E-state index is 0.00486. The zero-order valence-corrected chi connectivity index (χ0v) is 9.87. The first-order chi connectivity index (χ1) is 6.74. The molecule has 0 atom stereocenters. The maximum atomic E-state index is 11.5. The number of carbonyl (C=O) groups excluding carboxylic acids is 1. The highest BCUT2D eigenvalue weighted by molar-refractivity contribution is 8.01. The summed E-state index contributed by atoms with van der Waals surface area (Å²) in [4.78, 5) is 13.7. The molecule has 0 spiro atoms. The van der Waals surface area contributed by atoms with Gasteiger partial charge >= 0.3 is 0 Å². The summed E-state index contributed by atoms with van der Waals surface area (Å²) >= 11 is 3.24. The second-order valence-corrected chi connectivity index (χ2v) is 4.33. The van der Waals surface area contributed by atoms with Crippen LogP contribution in [0.4, 0.5) is 0 Å². The summed E-state index contributed by atoms with van der Waals surface area (Å²) in [5, 5.41) is 0. The first kappa shape index (κ1) is 11.6. The quantitative estimate of drug-likeness (QED) is 0.633. The number of hydrogen-bond donors (Lipinski definition) is 1. The van der Waals surface area contributed by atoms with E-state index in [1.165, 1.54) is 0 Å². The number of rotatable bonds is 4. The van der Waals surface area contributed by atoms with Crippen LogP contribution in [0, 0.1) is 0 Å². The van der Waals surface area contributed by atoms with Crippen molar-refractivity contribution in [3.8, 4) is 0 Å². The van der Waals surface area contributed by atoms with Gasteiger partial charge in [0.1, 0.15) is 0 Å². The molecule has 0 aliphatic carbocycles. The molecule has 4 heteroatoms. The molecule has 1 aromatic carbocycles. The van der Waals surface area contributed by atoms with E-state index >= 15 is 0 Å². The highest BCUT2D eigenvalue weighted by Crippen LogP contribution is 2.31. The number of carbonyl (C=O) groups is 1. The van der Waals surface area contributed by atoms with Crippen LogP contribution in [-0.2, 0) is 0 Å². The topological polar surface area (TPSA) is 43.1 Å². The predicted molar refractivity (Wildman–Crippen MR) is 63.4 cm³/mol. The highest BCUT2D eigenvalue weighted by atomic mass is 32.2. The van der Waals surface area contributed by atoms with Crippen molar-refractivity contribution in [3.05, 3.63) is 23.8 Å². The number of ketones is 1. The molecule has 0 saturated carbocycles. The molecular weight excluding hydrogens is 214 g/mol. The van der Waals surface area contributed by atoms with Gasteiger partial charge in [0.15, 0.2) is 5.78 Å². The summed E-state index contributed by atoms with van der Waals surface area (Å²) in [6, 6.07) is 5.75. The van der Waals surface area contributed by atoms with Crippen molar-refractivity contribution < 1.29 is 4.79 Å². The van der Waals surface area contributed by atoms with Gasteiger partial charge in [0.25, 0.3) is 0 Å².